The van der Waals surface area contributed by atoms with Crippen LogP contribution in [-0.2, 0) is 9.59 Å². The first-order valence-corrected chi connectivity index (χ1v) is 8.98. The van der Waals surface area contributed by atoms with E-state index in [1.54, 1.807) is 42.5 Å². The molecule has 1 unspecified atom stereocenters. The van der Waals surface area contributed by atoms with Crippen LogP contribution in [0.4, 0.5) is 5.95 Å². The fraction of sp³-hybridized carbons (Fsp3) is 0.0476. The van der Waals surface area contributed by atoms with Gasteiger partial charge in [0.1, 0.15) is 11.5 Å². The number of halogens is 1. The third kappa shape index (κ3) is 3.32. The molecule has 1 fully saturated rings. The number of carbonyl (C=O) groups is 2. The van der Waals surface area contributed by atoms with Gasteiger partial charge in [-0.3, -0.25) is 14.5 Å². The van der Waals surface area contributed by atoms with Crippen LogP contribution in [0.1, 0.15) is 17.2 Å². The maximum absolute atomic E-state index is 12.9. The van der Waals surface area contributed by atoms with Gasteiger partial charge in [-0.1, -0.05) is 23.7 Å². The molecule has 0 radical (unpaired) electrons. The van der Waals surface area contributed by atoms with E-state index < -0.39 is 17.7 Å². The molecule has 1 atom stereocenters. The van der Waals surface area contributed by atoms with Gasteiger partial charge in [-0.05, 0) is 48.0 Å². The van der Waals surface area contributed by atoms with Crippen molar-refractivity contribution in [3.05, 3.63) is 88.7 Å². The molecule has 144 valence electrons. The van der Waals surface area contributed by atoms with E-state index in [0.29, 0.717) is 16.1 Å². The molecule has 3 aromatic rings. The van der Waals surface area contributed by atoms with Crippen LogP contribution in [-0.4, -0.2) is 31.9 Å². The summed E-state index contributed by atoms with van der Waals surface area (Å²) < 4.78 is 0. The minimum atomic E-state index is -0.964. The number of carbonyl (C=O) groups excluding carboxylic acids is 2. The monoisotopic (exact) mass is 407 g/mol. The highest BCUT2D eigenvalue weighted by Gasteiger charge is 2.48. The molecule has 0 aliphatic carbocycles. The van der Waals surface area contributed by atoms with Crippen molar-refractivity contribution in [2.24, 2.45) is 0 Å². The molecule has 1 aliphatic heterocycles. The van der Waals surface area contributed by atoms with E-state index in [1.165, 1.54) is 24.5 Å². The van der Waals surface area contributed by atoms with Crippen molar-refractivity contribution in [3.63, 3.8) is 0 Å². The number of ketones is 1. The molecule has 2 heterocycles. The Morgan fingerprint density at radius 1 is 0.966 bits per heavy atom. The third-order valence-corrected chi connectivity index (χ3v) is 4.79. The van der Waals surface area contributed by atoms with Gasteiger partial charge >= 0.3 is 5.91 Å². The van der Waals surface area contributed by atoms with Crippen LogP contribution in [0, 0.1) is 0 Å². The highest BCUT2D eigenvalue weighted by Crippen LogP contribution is 2.41. The Labute approximate surface area is 170 Å². The zero-order chi connectivity index (χ0) is 20.5. The molecule has 4 rings (SSSR count). The highest BCUT2D eigenvalue weighted by atomic mass is 35.5. The lowest BCUT2D eigenvalue weighted by molar-refractivity contribution is -0.132. The number of aromatic nitrogens is 2. The summed E-state index contributed by atoms with van der Waals surface area (Å²) in [6.45, 7) is 0. The first kappa shape index (κ1) is 18.6. The highest BCUT2D eigenvalue weighted by molar-refractivity contribution is 6.51. The van der Waals surface area contributed by atoms with Crippen molar-refractivity contribution in [1.29, 1.82) is 0 Å². The van der Waals surface area contributed by atoms with Crippen LogP contribution in [0.5, 0.6) is 5.75 Å². The van der Waals surface area contributed by atoms with Gasteiger partial charge in [0.2, 0.25) is 5.95 Å². The van der Waals surface area contributed by atoms with Crippen LogP contribution in [0.2, 0.25) is 5.02 Å². The Hall–Kier alpha value is -3.71. The first-order valence-electron chi connectivity index (χ1n) is 8.60. The standard InChI is InChI=1S/C21H14ClN3O4/c22-14-6-2-13(3-7-14)18(27)16-17(12-4-8-15(26)9-5-12)25(20(29)19(16)28)21-23-10-1-11-24-21/h1-11,17,26-27H/b18-16+. The van der Waals surface area contributed by atoms with Crippen LogP contribution in [0.3, 0.4) is 0 Å². The Morgan fingerprint density at radius 3 is 2.21 bits per heavy atom. The second kappa shape index (κ2) is 7.37. The lowest BCUT2D eigenvalue weighted by Gasteiger charge is -2.23. The van der Waals surface area contributed by atoms with E-state index in [1.807, 2.05) is 0 Å². The lowest BCUT2D eigenvalue weighted by atomic mass is 9.95. The summed E-state index contributed by atoms with van der Waals surface area (Å²) in [5.41, 5.74) is 0.741. The predicted octanol–water partition coefficient (Wildman–Crippen LogP) is 3.46. The molecule has 1 amide bonds. The molecule has 1 aromatic heterocycles. The summed E-state index contributed by atoms with van der Waals surface area (Å²) in [7, 11) is 0. The van der Waals surface area contributed by atoms with Gasteiger partial charge in [0, 0.05) is 23.0 Å². The van der Waals surface area contributed by atoms with Gasteiger partial charge in [-0.2, -0.15) is 0 Å². The number of rotatable bonds is 3. The fourth-order valence-corrected chi connectivity index (χ4v) is 3.32. The molecule has 0 bridgehead atoms. The van der Waals surface area contributed by atoms with Crippen molar-refractivity contribution >= 4 is 35.0 Å². The normalized spacial score (nSPS) is 18.2. The number of anilines is 1. The summed E-state index contributed by atoms with van der Waals surface area (Å²) >= 11 is 5.90. The molecule has 1 saturated heterocycles. The Bertz CT molecular complexity index is 1110. The molecule has 8 heteroatoms. The molecule has 0 saturated carbocycles. The molecule has 2 aromatic carbocycles. The molecular weight excluding hydrogens is 394 g/mol. The molecule has 29 heavy (non-hydrogen) atoms. The van der Waals surface area contributed by atoms with E-state index in [0.717, 1.165) is 4.90 Å². The van der Waals surface area contributed by atoms with Crippen LogP contribution in [0.25, 0.3) is 5.76 Å². The van der Waals surface area contributed by atoms with Crippen LogP contribution >= 0.6 is 11.6 Å². The van der Waals surface area contributed by atoms with Gasteiger partial charge in [-0.25, -0.2) is 9.97 Å². The topological polar surface area (TPSA) is 104 Å². The van der Waals surface area contributed by atoms with Crippen LogP contribution < -0.4 is 4.90 Å². The molecule has 0 spiro atoms. The van der Waals surface area contributed by atoms with E-state index in [-0.39, 0.29) is 23.0 Å². The number of aromatic hydroxyl groups is 1. The van der Waals surface area contributed by atoms with Crippen molar-refractivity contribution in [3.8, 4) is 5.75 Å². The quantitative estimate of drug-likeness (QED) is 0.391. The summed E-state index contributed by atoms with van der Waals surface area (Å²) in [6, 6.07) is 12.9. The van der Waals surface area contributed by atoms with Crippen LogP contribution in [0.15, 0.2) is 72.6 Å². The zero-order valence-corrected chi connectivity index (χ0v) is 15.6. The maximum Gasteiger partial charge on any atom is 0.302 e. The minimum Gasteiger partial charge on any atom is -0.508 e. The smallest absolute Gasteiger partial charge is 0.302 e. The number of phenols is 1. The van der Waals surface area contributed by atoms with E-state index in [2.05, 4.69) is 9.97 Å². The second-order valence-electron chi connectivity index (χ2n) is 6.32. The fourth-order valence-electron chi connectivity index (χ4n) is 3.19. The van der Waals surface area contributed by atoms with Crippen molar-refractivity contribution < 1.29 is 19.8 Å². The Morgan fingerprint density at radius 2 is 1.59 bits per heavy atom. The van der Waals surface area contributed by atoms with Gasteiger partial charge < -0.3 is 10.2 Å². The second-order valence-corrected chi connectivity index (χ2v) is 6.75. The Balaban J connectivity index is 1.94. The number of benzene rings is 2. The number of amides is 1. The average Bonchev–Trinajstić information content (AvgIpc) is 3.00. The Kier molecular flexibility index (Phi) is 4.74. The number of nitrogens with zero attached hydrogens (tertiary/aromatic N) is 3. The number of hydrogen-bond donors (Lipinski definition) is 2. The van der Waals surface area contributed by atoms with Crippen molar-refractivity contribution in [2.45, 2.75) is 6.04 Å². The summed E-state index contributed by atoms with van der Waals surface area (Å²) in [5, 5.41) is 21.0. The number of phenolic OH excluding ortho intramolecular Hbond substituents is 1. The average molecular weight is 408 g/mol. The van der Waals surface area contributed by atoms with E-state index >= 15 is 0 Å². The third-order valence-electron chi connectivity index (χ3n) is 4.54. The van der Waals surface area contributed by atoms with Gasteiger partial charge in [-0.15, -0.1) is 0 Å². The summed E-state index contributed by atoms with van der Waals surface area (Å²) in [6.07, 6.45) is 2.91. The lowest BCUT2D eigenvalue weighted by Crippen LogP contribution is -2.31. The van der Waals surface area contributed by atoms with Crippen molar-refractivity contribution in [2.75, 3.05) is 4.90 Å². The molecule has 2 N–H and O–H groups in total. The van der Waals surface area contributed by atoms with Gasteiger partial charge in [0.05, 0.1) is 11.6 Å². The summed E-state index contributed by atoms with van der Waals surface area (Å²) in [5.74, 6) is -1.99. The number of hydrogen-bond acceptors (Lipinski definition) is 6. The largest absolute Gasteiger partial charge is 0.508 e. The molecule has 1 aliphatic rings. The molecule has 7 nitrogen and oxygen atoms in total. The van der Waals surface area contributed by atoms with Gasteiger partial charge in [0.15, 0.2) is 0 Å². The number of aliphatic hydroxyl groups excluding tert-OH is 1. The summed E-state index contributed by atoms with van der Waals surface area (Å²) in [4.78, 5) is 35.0. The van der Waals surface area contributed by atoms with Gasteiger partial charge in [0.25, 0.3) is 5.78 Å². The SMILES string of the molecule is O=C1C(=O)N(c2ncccn2)C(c2ccc(O)cc2)/C1=C(\O)c1ccc(Cl)cc1. The zero-order valence-electron chi connectivity index (χ0n) is 14.9. The number of Topliss-reactive ketones (excluding diaryl/α,β-unsaturated/α-hetero) is 1. The van der Waals surface area contributed by atoms with E-state index in [4.69, 9.17) is 11.6 Å². The first-order chi connectivity index (χ1) is 14.0. The number of aliphatic hydroxyl groups is 1. The van der Waals surface area contributed by atoms with Crippen molar-refractivity contribution in [1.82, 2.24) is 9.97 Å². The molecular formula is C21H14ClN3O4. The predicted molar refractivity (Wildman–Crippen MR) is 106 cm³/mol. The van der Waals surface area contributed by atoms with E-state index in [9.17, 15) is 19.8 Å². The minimum absolute atomic E-state index is 0.0272. The maximum atomic E-state index is 12.9.